The van der Waals surface area contributed by atoms with Gasteiger partial charge in [-0.15, -0.1) is 11.8 Å². The number of hydrogen-bond donors (Lipinski definition) is 1. The molecule has 0 aliphatic rings. The van der Waals surface area contributed by atoms with E-state index in [1.807, 2.05) is 37.5 Å². The van der Waals surface area contributed by atoms with Crippen LogP contribution < -0.4 is 5.32 Å². The maximum Gasteiger partial charge on any atom is 0.252 e. The number of nitrogens with one attached hydrogen (secondary N) is 1. The number of carbonyl (C=O) groups is 1. The number of rotatable bonds is 5. The first-order chi connectivity index (χ1) is 8.19. The summed E-state index contributed by atoms with van der Waals surface area (Å²) in [5, 5.41) is 3.33. The number of benzene rings is 1. The third-order valence-electron chi connectivity index (χ3n) is 2.25. The largest absolute Gasteiger partial charge is 0.352 e. The first-order valence-electron chi connectivity index (χ1n) is 5.42. The van der Waals surface area contributed by atoms with Crippen molar-refractivity contribution in [2.75, 3.05) is 12.8 Å². The summed E-state index contributed by atoms with van der Waals surface area (Å²) < 4.78 is 0. The van der Waals surface area contributed by atoms with E-state index in [0.717, 1.165) is 11.3 Å². The molecule has 0 spiro atoms. The molecule has 17 heavy (non-hydrogen) atoms. The quantitative estimate of drug-likeness (QED) is 0.501. The predicted molar refractivity (Wildman–Crippen MR) is 75.0 cm³/mol. The topological polar surface area (TPSA) is 29.1 Å². The van der Waals surface area contributed by atoms with Crippen LogP contribution in [0.15, 0.2) is 35.2 Å². The highest BCUT2D eigenvalue weighted by molar-refractivity contribution is 7.98. The van der Waals surface area contributed by atoms with Gasteiger partial charge < -0.3 is 5.32 Å². The molecule has 0 aliphatic carbocycles. The minimum absolute atomic E-state index is 0.115. The molecule has 0 heterocycles. The van der Waals surface area contributed by atoms with Crippen molar-refractivity contribution in [1.29, 1.82) is 0 Å². The van der Waals surface area contributed by atoms with Gasteiger partial charge in [0.05, 0.1) is 10.6 Å². The molecule has 4 heteroatoms. The second kappa shape index (κ2) is 7.41. The number of halogens is 1. The molecular formula is C13H16ClNOS. The maximum atomic E-state index is 11.9. The van der Waals surface area contributed by atoms with Crippen molar-refractivity contribution in [3.05, 3.63) is 40.9 Å². The summed E-state index contributed by atoms with van der Waals surface area (Å²) in [4.78, 5) is 12.9. The number of allylic oxidation sites excluding steroid dienone is 1. The third kappa shape index (κ3) is 4.44. The lowest BCUT2D eigenvalue weighted by atomic mass is 10.2. The van der Waals surface area contributed by atoms with E-state index < -0.39 is 0 Å². The van der Waals surface area contributed by atoms with Crippen LogP contribution in [0.5, 0.6) is 0 Å². The second-order valence-electron chi connectivity index (χ2n) is 3.46. The molecule has 1 N–H and O–H groups in total. The van der Waals surface area contributed by atoms with Gasteiger partial charge in [-0.25, -0.2) is 0 Å². The Hall–Kier alpha value is -0.930. The molecule has 0 atom stereocenters. The molecule has 2 nitrogen and oxygen atoms in total. The Bertz CT molecular complexity index is 418. The lowest BCUT2D eigenvalue weighted by Gasteiger charge is -2.07. The van der Waals surface area contributed by atoms with Crippen molar-refractivity contribution in [1.82, 2.24) is 5.32 Å². The molecule has 1 aromatic carbocycles. The molecule has 0 fully saturated rings. The summed E-state index contributed by atoms with van der Waals surface area (Å²) in [5.41, 5.74) is 0.541. The number of thioether (sulfide) groups is 1. The van der Waals surface area contributed by atoms with Crippen molar-refractivity contribution < 1.29 is 4.79 Å². The molecule has 0 saturated carbocycles. The number of carbonyl (C=O) groups excluding carboxylic acids is 1. The lowest BCUT2D eigenvalue weighted by molar-refractivity contribution is 0.0954. The summed E-state index contributed by atoms with van der Waals surface area (Å²) in [7, 11) is 0. The summed E-state index contributed by atoms with van der Waals surface area (Å²) in [6.45, 7) is 2.59. The first-order valence-corrected chi connectivity index (χ1v) is 7.02. The van der Waals surface area contributed by atoms with Gasteiger partial charge in [0.2, 0.25) is 0 Å². The van der Waals surface area contributed by atoms with Gasteiger partial charge in [0.1, 0.15) is 0 Å². The zero-order chi connectivity index (χ0) is 12.7. The van der Waals surface area contributed by atoms with E-state index in [2.05, 4.69) is 5.32 Å². The smallest absolute Gasteiger partial charge is 0.252 e. The number of amides is 1. The molecule has 0 aliphatic heterocycles. The predicted octanol–water partition coefficient (Wildman–Crippen LogP) is 3.76. The van der Waals surface area contributed by atoms with E-state index in [1.54, 1.807) is 17.8 Å². The van der Waals surface area contributed by atoms with Gasteiger partial charge in [0.25, 0.3) is 5.91 Å². The van der Waals surface area contributed by atoms with Crippen LogP contribution in [-0.2, 0) is 0 Å². The van der Waals surface area contributed by atoms with E-state index in [0.29, 0.717) is 17.1 Å². The molecule has 0 saturated heterocycles. The maximum absolute atomic E-state index is 11.9. The first kappa shape index (κ1) is 14.1. The summed E-state index contributed by atoms with van der Waals surface area (Å²) in [5.74, 6) is -0.115. The molecule has 0 bridgehead atoms. The van der Waals surface area contributed by atoms with E-state index in [4.69, 9.17) is 11.6 Å². The summed E-state index contributed by atoms with van der Waals surface area (Å²) >= 11 is 7.60. The van der Waals surface area contributed by atoms with Crippen LogP contribution >= 0.6 is 23.4 Å². The van der Waals surface area contributed by atoms with Gasteiger partial charge >= 0.3 is 0 Å². The highest BCUT2D eigenvalue weighted by Crippen LogP contribution is 2.22. The van der Waals surface area contributed by atoms with Gasteiger partial charge in [-0.1, -0.05) is 23.8 Å². The molecule has 1 aromatic rings. The standard InChI is InChI=1S/C13H16ClNOS/c1-3-4-5-8-15-13(16)11-9-10(17-2)6-7-12(11)14/h3-4,6-7,9H,5,8H2,1-2H3,(H,15,16)/b4-3+. The minimum Gasteiger partial charge on any atom is -0.352 e. The van der Waals surface area contributed by atoms with Crippen LogP contribution in [0.1, 0.15) is 23.7 Å². The highest BCUT2D eigenvalue weighted by atomic mass is 35.5. The SMILES string of the molecule is C/C=C/CCNC(=O)c1cc(SC)ccc1Cl. The Morgan fingerprint density at radius 3 is 2.94 bits per heavy atom. The third-order valence-corrected chi connectivity index (χ3v) is 3.31. The normalized spacial score (nSPS) is 10.8. The van der Waals surface area contributed by atoms with Crippen molar-refractivity contribution in [2.24, 2.45) is 0 Å². The average Bonchev–Trinajstić information content (AvgIpc) is 2.35. The Kier molecular flexibility index (Phi) is 6.16. The van der Waals surface area contributed by atoms with E-state index in [-0.39, 0.29) is 5.91 Å². The van der Waals surface area contributed by atoms with Gasteiger partial charge in [-0.2, -0.15) is 0 Å². The zero-order valence-electron chi connectivity index (χ0n) is 10.00. The van der Waals surface area contributed by atoms with Crippen LogP contribution in [0.2, 0.25) is 5.02 Å². The van der Waals surface area contributed by atoms with Crippen LogP contribution in [-0.4, -0.2) is 18.7 Å². The lowest BCUT2D eigenvalue weighted by Crippen LogP contribution is -2.24. The van der Waals surface area contributed by atoms with Crippen LogP contribution in [0, 0.1) is 0 Å². The van der Waals surface area contributed by atoms with Crippen LogP contribution in [0.3, 0.4) is 0 Å². The molecule has 0 aromatic heterocycles. The van der Waals surface area contributed by atoms with Gasteiger partial charge in [-0.3, -0.25) is 4.79 Å². The molecular weight excluding hydrogens is 254 g/mol. The van der Waals surface area contributed by atoms with E-state index in [9.17, 15) is 4.79 Å². The Morgan fingerprint density at radius 2 is 2.29 bits per heavy atom. The second-order valence-corrected chi connectivity index (χ2v) is 4.75. The fourth-order valence-electron chi connectivity index (χ4n) is 1.34. The Balaban J connectivity index is 2.67. The molecule has 0 unspecified atom stereocenters. The van der Waals surface area contributed by atoms with Crippen molar-refractivity contribution in [3.63, 3.8) is 0 Å². The fraction of sp³-hybridized carbons (Fsp3) is 0.308. The van der Waals surface area contributed by atoms with Crippen molar-refractivity contribution in [3.8, 4) is 0 Å². The zero-order valence-corrected chi connectivity index (χ0v) is 11.6. The Morgan fingerprint density at radius 1 is 1.53 bits per heavy atom. The van der Waals surface area contributed by atoms with Gasteiger partial charge in [0, 0.05) is 11.4 Å². The monoisotopic (exact) mass is 269 g/mol. The van der Waals surface area contributed by atoms with Crippen molar-refractivity contribution >= 4 is 29.3 Å². The highest BCUT2D eigenvalue weighted by Gasteiger charge is 2.10. The minimum atomic E-state index is -0.115. The Labute approximate surface area is 111 Å². The van der Waals surface area contributed by atoms with Gasteiger partial charge in [-0.05, 0) is 37.8 Å². The summed E-state index contributed by atoms with van der Waals surface area (Å²) in [6, 6.07) is 5.48. The number of hydrogen-bond acceptors (Lipinski definition) is 2. The van der Waals surface area contributed by atoms with Gasteiger partial charge in [0.15, 0.2) is 0 Å². The van der Waals surface area contributed by atoms with E-state index >= 15 is 0 Å². The molecule has 92 valence electrons. The molecule has 0 radical (unpaired) electrons. The molecule has 1 rings (SSSR count). The van der Waals surface area contributed by atoms with E-state index in [1.165, 1.54) is 0 Å². The van der Waals surface area contributed by atoms with Crippen LogP contribution in [0.25, 0.3) is 0 Å². The fourth-order valence-corrected chi connectivity index (χ4v) is 1.98. The van der Waals surface area contributed by atoms with Crippen LogP contribution in [0.4, 0.5) is 0 Å². The van der Waals surface area contributed by atoms with Crippen molar-refractivity contribution in [2.45, 2.75) is 18.2 Å². The summed E-state index contributed by atoms with van der Waals surface area (Å²) in [6.07, 6.45) is 6.78. The average molecular weight is 270 g/mol. The molecule has 1 amide bonds.